The predicted molar refractivity (Wildman–Crippen MR) is 99.3 cm³/mol. The molecule has 0 bridgehead atoms. The minimum atomic E-state index is -0.0527. The number of fused-ring (bicyclic) bond motifs is 1. The van der Waals surface area contributed by atoms with Gasteiger partial charge in [-0.15, -0.1) is 0 Å². The fraction of sp³-hybridized carbons (Fsp3) is 0.211. The summed E-state index contributed by atoms with van der Waals surface area (Å²) in [6.07, 6.45) is 0. The van der Waals surface area contributed by atoms with Crippen LogP contribution >= 0.6 is 15.9 Å². The summed E-state index contributed by atoms with van der Waals surface area (Å²) in [5.74, 6) is 1.13. The van der Waals surface area contributed by atoms with Crippen LogP contribution in [0.25, 0.3) is 22.0 Å². The third-order valence-electron chi connectivity index (χ3n) is 4.12. The number of carbonyl (C=O) groups excluding carboxylic acids is 1. The van der Waals surface area contributed by atoms with Crippen LogP contribution in [0.1, 0.15) is 23.0 Å². The molecule has 3 rings (SSSR count). The largest absolute Gasteiger partial charge is 0.496 e. The lowest BCUT2D eigenvalue weighted by Gasteiger charge is -2.12. The van der Waals surface area contributed by atoms with Gasteiger partial charge in [-0.3, -0.25) is 4.79 Å². The fourth-order valence-corrected chi connectivity index (χ4v) is 3.36. The van der Waals surface area contributed by atoms with E-state index < -0.39 is 0 Å². The van der Waals surface area contributed by atoms with E-state index in [1.807, 2.05) is 31.2 Å². The van der Waals surface area contributed by atoms with Crippen molar-refractivity contribution in [1.82, 2.24) is 4.98 Å². The Labute approximate surface area is 148 Å². The quantitative estimate of drug-likeness (QED) is 0.631. The van der Waals surface area contributed by atoms with Crippen LogP contribution < -0.4 is 9.47 Å². The summed E-state index contributed by atoms with van der Waals surface area (Å²) >= 11 is 3.46. The van der Waals surface area contributed by atoms with Crippen LogP contribution in [-0.4, -0.2) is 25.0 Å². The van der Waals surface area contributed by atoms with Gasteiger partial charge in [0.15, 0.2) is 5.78 Å². The van der Waals surface area contributed by atoms with Crippen LogP contribution in [0.4, 0.5) is 0 Å². The van der Waals surface area contributed by atoms with Gasteiger partial charge in [0.2, 0.25) is 0 Å². The Kier molecular flexibility index (Phi) is 4.37. The van der Waals surface area contributed by atoms with Crippen LogP contribution in [0.15, 0.2) is 34.8 Å². The molecule has 0 aliphatic rings. The van der Waals surface area contributed by atoms with Crippen molar-refractivity contribution in [3.63, 3.8) is 0 Å². The van der Waals surface area contributed by atoms with Gasteiger partial charge < -0.3 is 14.5 Å². The van der Waals surface area contributed by atoms with E-state index in [9.17, 15) is 4.79 Å². The van der Waals surface area contributed by atoms with Crippen molar-refractivity contribution < 1.29 is 14.3 Å². The van der Waals surface area contributed by atoms with Crippen molar-refractivity contribution in [2.75, 3.05) is 14.2 Å². The van der Waals surface area contributed by atoms with Crippen molar-refractivity contribution in [1.29, 1.82) is 0 Å². The Bertz CT molecular complexity index is 926. The van der Waals surface area contributed by atoms with Crippen LogP contribution in [0.2, 0.25) is 0 Å². The molecule has 0 spiro atoms. The molecule has 0 saturated carbocycles. The summed E-state index contributed by atoms with van der Waals surface area (Å²) < 4.78 is 12.0. The summed E-state index contributed by atoms with van der Waals surface area (Å²) in [6.45, 7) is 3.53. The summed E-state index contributed by atoms with van der Waals surface area (Å²) in [6, 6.07) is 9.84. The zero-order valence-electron chi connectivity index (χ0n) is 14.0. The smallest absolute Gasteiger partial charge is 0.165 e. The highest BCUT2D eigenvalue weighted by Crippen LogP contribution is 2.43. The highest BCUT2D eigenvalue weighted by Gasteiger charge is 2.23. The maximum atomic E-state index is 12.2. The molecule has 124 valence electrons. The van der Waals surface area contributed by atoms with E-state index in [1.54, 1.807) is 27.2 Å². The topological polar surface area (TPSA) is 51.3 Å². The first-order valence-electron chi connectivity index (χ1n) is 7.52. The number of halogens is 1. The molecule has 1 N–H and O–H groups in total. The summed E-state index contributed by atoms with van der Waals surface area (Å²) in [5.41, 5.74) is 4.34. The van der Waals surface area contributed by atoms with E-state index in [0.29, 0.717) is 17.1 Å². The number of hydrogen-bond donors (Lipinski definition) is 1. The van der Waals surface area contributed by atoms with E-state index in [-0.39, 0.29) is 5.78 Å². The van der Waals surface area contributed by atoms with E-state index in [0.717, 1.165) is 32.2 Å². The zero-order chi connectivity index (χ0) is 17.4. The van der Waals surface area contributed by atoms with E-state index in [1.165, 1.54) is 0 Å². The van der Waals surface area contributed by atoms with Crippen LogP contribution in [0.5, 0.6) is 11.5 Å². The molecule has 0 amide bonds. The summed E-state index contributed by atoms with van der Waals surface area (Å²) in [4.78, 5) is 15.5. The van der Waals surface area contributed by atoms with Gasteiger partial charge in [0.25, 0.3) is 0 Å². The lowest BCUT2D eigenvalue weighted by molar-refractivity contribution is 0.101. The molecule has 0 atom stereocenters. The minimum Gasteiger partial charge on any atom is -0.496 e. The summed E-state index contributed by atoms with van der Waals surface area (Å²) in [5, 5.41) is 0.892. The average Bonchev–Trinajstić information content (AvgIpc) is 2.90. The number of ether oxygens (including phenoxy) is 2. The number of carbonyl (C=O) groups is 1. The lowest BCUT2D eigenvalue weighted by atomic mass is 9.98. The molecule has 5 heteroatoms. The first-order valence-corrected chi connectivity index (χ1v) is 8.31. The number of aromatic nitrogens is 1. The second-order valence-corrected chi connectivity index (χ2v) is 6.51. The Morgan fingerprint density at radius 3 is 2.25 bits per heavy atom. The van der Waals surface area contributed by atoms with Crippen molar-refractivity contribution in [2.45, 2.75) is 13.8 Å². The van der Waals surface area contributed by atoms with E-state index >= 15 is 0 Å². The highest BCUT2D eigenvalue weighted by atomic mass is 79.9. The Morgan fingerprint density at radius 1 is 1.08 bits per heavy atom. The van der Waals surface area contributed by atoms with Crippen LogP contribution in [-0.2, 0) is 0 Å². The molecule has 0 unspecified atom stereocenters. The van der Waals surface area contributed by atoms with Gasteiger partial charge in [-0.05, 0) is 31.5 Å². The van der Waals surface area contributed by atoms with Gasteiger partial charge in [0.05, 0.1) is 30.7 Å². The van der Waals surface area contributed by atoms with Crippen LogP contribution in [0.3, 0.4) is 0 Å². The normalized spacial score (nSPS) is 10.9. The predicted octanol–water partition coefficient (Wildman–Crippen LogP) is 5.13. The molecule has 0 fully saturated rings. The number of H-pyrrole nitrogens is 1. The molecule has 3 aromatic rings. The summed E-state index contributed by atoms with van der Waals surface area (Å²) in [7, 11) is 3.17. The number of methoxy groups -OCH3 is 2. The second kappa shape index (κ2) is 6.32. The molecule has 1 heterocycles. The van der Waals surface area contributed by atoms with Crippen molar-refractivity contribution in [2.24, 2.45) is 0 Å². The van der Waals surface area contributed by atoms with Gasteiger partial charge in [-0.25, -0.2) is 0 Å². The molecule has 0 aliphatic carbocycles. The van der Waals surface area contributed by atoms with Crippen LogP contribution in [0, 0.1) is 6.92 Å². The molecule has 0 saturated heterocycles. The maximum Gasteiger partial charge on any atom is 0.165 e. The standard InChI is InChI=1S/C19H18BrNO3/c1-10-16(12-5-7-13(20)8-6-12)18-15(24-4)9-14(23-3)17(11(2)22)19(18)21-10/h5-9,21H,1-4H3. The van der Waals surface area contributed by atoms with Gasteiger partial charge in [0.1, 0.15) is 11.5 Å². The number of hydrogen-bond acceptors (Lipinski definition) is 3. The number of benzene rings is 2. The van der Waals surface area contributed by atoms with Gasteiger partial charge in [-0.1, -0.05) is 28.1 Å². The molecule has 2 aromatic carbocycles. The minimum absolute atomic E-state index is 0.0527. The highest BCUT2D eigenvalue weighted by molar-refractivity contribution is 9.10. The number of ketones is 1. The monoisotopic (exact) mass is 387 g/mol. The van der Waals surface area contributed by atoms with E-state index in [4.69, 9.17) is 9.47 Å². The van der Waals surface area contributed by atoms with Crippen molar-refractivity contribution >= 4 is 32.6 Å². The van der Waals surface area contributed by atoms with Gasteiger partial charge in [-0.2, -0.15) is 0 Å². The second-order valence-electron chi connectivity index (χ2n) is 5.59. The lowest BCUT2D eigenvalue weighted by Crippen LogP contribution is -2.00. The Hall–Kier alpha value is -2.27. The molecule has 1 aromatic heterocycles. The molecule has 4 nitrogen and oxygen atoms in total. The van der Waals surface area contributed by atoms with Gasteiger partial charge >= 0.3 is 0 Å². The molecular formula is C19H18BrNO3. The zero-order valence-corrected chi connectivity index (χ0v) is 15.6. The van der Waals surface area contributed by atoms with Crippen molar-refractivity contribution in [3.05, 3.63) is 46.1 Å². The third-order valence-corrected chi connectivity index (χ3v) is 4.65. The molecular weight excluding hydrogens is 370 g/mol. The molecule has 0 aliphatic heterocycles. The molecule has 24 heavy (non-hydrogen) atoms. The SMILES string of the molecule is COc1cc(OC)c2c(-c3ccc(Br)cc3)c(C)[nH]c2c1C(C)=O. The maximum absolute atomic E-state index is 12.2. The van der Waals surface area contributed by atoms with Crippen molar-refractivity contribution in [3.8, 4) is 22.6 Å². The number of aryl methyl sites for hydroxylation is 1. The number of aromatic amines is 1. The Morgan fingerprint density at radius 2 is 1.71 bits per heavy atom. The molecule has 0 radical (unpaired) electrons. The third kappa shape index (κ3) is 2.59. The number of nitrogens with one attached hydrogen (secondary N) is 1. The first kappa shape index (κ1) is 16.6. The first-order chi connectivity index (χ1) is 11.5. The fourth-order valence-electron chi connectivity index (χ4n) is 3.09. The van der Waals surface area contributed by atoms with Gasteiger partial charge in [0, 0.05) is 21.8 Å². The van der Waals surface area contributed by atoms with E-state index in [2.05, 4.69) is 20.9 Å². The average molecular weight is 388 g/mol. The Balaban J connectivity index is 2.44. The number of rotatable bonds is 4. The number of Topliss-reactive ketones (excluding diaryl/α,β-unsaturated/α-hetero) is 1.